The fourth-order valence-corrected chi connectivity index (χ4v) is 5.27. The number of nitrogens with zero attached hydrogens (tertiary/aromatic N) is 3. The minimum atomic E-state index is -4.77. The summed E-state index contributed by atoms with van der Waals surface area (Å²) in [4.78, 5) is 3.67. The van der Waals surface area contributed by atoms with Crippen molar-refractivity contribution in [2.24, 2.45) is 0 Å². The minimum Gasteiger partial charge on any atom is -0.306 e. The van der Waals surface area contributed by atoms with E-state index < -0.39 is 33.0 Å². The molecule has 6 nitrogen and oxygen atoms in total. The van der Waals surface area contributed by atoms with Crippen molar-refractivity contribution in [1.29, 1.82) is 5.26 Å². The van der Waals surface area contributed by atoms with Crippen LogP contribution in [-0.4, -0.2) is 30.2 Å². The number of benzene rings is 2. The number of nitriles is 1. The monoisotopic (exact) mass is 550 g/mol. The lowest BCUT2D eigenvalue weighted by molar-refractivity contribution is -0.147. The van der Waals surface area contributed by atoms with Gasteiger partial charge in [-0.05, 0) is 61.4 Å². The van der Waals surface area contributed by atoms with Crippen LogP contribution in [0, 0.1) is 17.1 Å². The van der Waals surface area contributed by atoms with Gasteiger partial charge in [-0.25, -0.2) is 12.8 Å². The first-order valence-electron chi connectivity index (χ1n) is 11.0. The van der Waals surface area contributed by atoms with Gasteiger partial charge in [-0.3, -0.25) is 4.98 Å². The molecule has 0 aliphatic heterocycles. The van der Waals surface area contributed by atoms with E-state index in [1.54, 1.807) is 46.5 Å². The lowest BCUT2D eigenvalue weighted by atomic mass is 10.1. The second-order valence-corrected chi connectivity index (χ2v) is 10.4. The van der Waals surface area contributed by atoms with Gasteiger partial charge in [0.2, 0.25) is 10.0 Å². The van der Waals surface area contributed by atoms with Crippen LogP contribution in [0.2, 0.25) is 5.02 Å². The third-order valence-corrected chi connectivity index (χ3v) is 7.57. The Morgan fingerprint density at radius 2 is 1.92 bits per heavy atom. The van der Waals surface area contributed by atoms with Crippen LogP contribution in [0.1, 0.15) is 25.0 Å². The molecule has 1 atom stereocenters. The number of alkyl halides is 3. The number of halogens is 5. The summed E-state index contributed by atoms with van der Waals surface area (Å²) in [7, 11) is -4.54. The molecule has 0 aliphatic carbocycles. The number of aromatic nitrogens is 2. The zero-order valence-corrected chi connectivity index (χ0v) is 21.0. The molecule has 0 fully saturated rings. The van der Waals surface area contributed by atoms with Gasteiger partial charge in [0, 0.05) is 22.3 Å². The Morgan fingerprint density at radius 1 is 1.19 bits per heavy atom. The Kier molecular flexibility index (Phi) is 7.03. The Balaban J connectivity index is 1.93. The van der Waals surface area contributed by atoms with E-state index in [0.29, 0.717) is 40.5 Å². The summed E-state index contributed by atoms with van der Waals surface area (Å²) < 4.78 is 81.5. The summed E-state index contributed by atoms with van der Waals surface area (Å²) in [5.41, 5.74) is 1.95. The maximum absolute atomic E-state index is 14.7. The number of nitrogens with one attached hydrogen (secondary N) is 1. The van der Waals surface area contributed by atoms with Crippen molar-refractivity contribution in [2.75, 3.05) is 0 Å². The predicted octanol–water partition coefficient (Wildman–Crippen LogP) is 6.15. The SMILES string of the molecule is CCc1cc2c(cc1F)c(C#N)c(-c1ccc(S(=O)(=O)N[C@@H](C)C(F)(F)F)cn1)n2-c1cccc(Cl)c1. The predicted molar refractivity (Wildman–Crippen MR) is 131 cm³/mol. The number of hydrogen-bond donors (Lipinski definition) is 1. The number of fused-ring (bicyclic) bond motifs is 1. The van der Waals surface area contributed by atoms with Crippen LogP contribution in [0.4, 0.5) is 17.6 Å². The molecule has 2 aromatic carbocycles. The lowest BCUT2D eigenvalue weighted by Gasteiger charge is -2.17. The van der Waals surface area contributed by atoms with E-state index in [2.05, 4.69) is 11.1 Å². The lowest BCUT2D eigenvalue weighted by Crippen LogP contribution is -2.42. The van der Waals surface area contributed by atoms with Gasteiger partial charge in [-0.15, -0.1) is 0 Å². The Bertz CT molecular complexity index is 1640. The quantitative estimate of drug-likeness (QED) is 0.292. The van der Waals surface area contributed by atoms with Crippen molar-refractivity contribution in [2.45, 2.75) is 37.4 Å². The number of aryl methyl sites for hydroxylation is 1. The molecular weight excluding hydrogens is 532 g/mol. The normalized spacial score (nSPS) is 13.0. The molecule has 2 heterocycles. The van der Waals surface area contributed by atoms with Crippen LogP contribution >= 0.6 is 11.6 Å². The molecule has 37 heavy (non-hydrogen) atoms. The van der Waals surface area contributed by atoms with Crippen LogP contribution in [0.25, 0.3) is 28.0 Å². The molecule has 0 amide bonds. The van der Waals surface area contributed by atoms with Crippen LogP contribution in [0.5, 0.6) is 0 Å². The van der Waals surface area contributed by atoms with Crippen molar-refractivity contribution in [3.05, 3.63) is 76.7 Å². The van der Waals surface area contributed by atoms with E-state index in [1.807, 2.05) is 0 Å². The van der Waals surface area contributed by atoms with Crippen LogP contribution < -0.4 is 4.72 Å². The summed E-state index contributed by atoms with van der Waals surface area (Å²) in [6.07, 6.45) is -3.47. The summed E-state index contributed by atoms with van der Waals surface area (Å²) >= 11 is 6.21. The van der Waals surface area contributed by atoms with Gasteiger partial charge in [0.1, 0.15) is 22.8 Å². The molecule has 4 rings (SSSR count). The smallest absolute Gasteiger partial charge is 0.306 e. The van der Waals surface area contributed by atoms with E-state index in [9.17, 15) is 31.2 Å². The van der Waals surface area contributed by atoms with Crippen molar-refractivity contribution >= 4 is 32.5 Å². The number of sulfonamides is 1. The van der Waals surface area contributed by atoms with Crippen molar-refractivity contribution in [3.63, 3.8) is 0 Å². The van der Waals surface area contributed by atoms with Gasteiger partial charge in [-0.2, -0.15) is 23.2 Å². The molecule has 2 aromatic heterocycles. The Labute approximate surface area is 215 Å². The van der Waals surface area contributed by atoms with Crippen LogP contribution in [-0.2, 0) is 16.4 Å². The number of rotatable bonds is 6. The maximum atomic E-state index is 14.7. The van der Waals surface area contributed by atoms with E-state index >= 15 is 0 Å². The molecule has 0 unspecified atom stereocenters. The molecule has 0 saturated heterocycles. The molecule has 12 heteroatoms. The second kappa shape index (κ2) is 9.78. The minimum absolute atomic E-state index is 0.0865. The van der Waals surface area contributed by atoms with Gasteiger partial charge in [-0.1, -0.05) is 24.6 Å². The molecule has 4 aromatic rings. The standard InChI is InChI=1S/C25H19ClF4N4O2S/c1-3-15-9-23-19(11-21(15)27)20(12-31)24(34(23)17-6-4-5-16(26)10-17)22-8-7-18(13-32-22)37(35,36)33-14(2)25(28,29)30/h4-11,13-14,33H,3H2,1-2H3/t14-/m0/s1. The molecule has 0 radical (unpaired) electrons. The van der Waals surface area contributed by atoms with E-state index in [4.69, 9.17) is 11.6 Å². The van der Waals surface area contributed by atoms with Crippen molar-refractivity contribution in [3.8, 4) is 23.1 Å². The third kappa shape index (κ3) is 5.05. The average molecular weight is 551 g/mol. The number of hydrogen-bond acceptors (Lipinski definition) is 4. The third-order valence-electron chi connectivity index (χ3n) is 5.81. The zero-order chi connectivity index (χ0) is 27.1. The first-order valence-corrected chi connectivity index (χ1v) is 12.8. The van der Waals surface area contributed by atoms with Crippen molar-refractivity contribution < 1.29 is 26.0 Å². The van der Waals surface area contributed by atoms with Gasteiger partial charge < -0.3 is 4.57 Å². The second-order valence-electron chi connectivity index (χ2n) is 8.23. The highest BCUT2D eigenvalue weighted by molar-refractivity contribution is 7.89. The molecular formula is C25H19ClF4N4O2S. The summed E-state index contributed by atoms with van der Waals surface area (Å²) in [6, 6.07) is 11.7. The van der Waals surface area contributed by atoms with E-state index in [0.717, 1.165) is 12.3 Å². The first kappa shape index (κ1) is 26.6. The van der Waals surface area contributed by atoms with Gasteiger partial charge in [0.15, 0.2) is 0 Å². The molecule has 0 aliphatic rings. The number of pyridine rings is 1. The van der Waals surface area contributed by atoms with Crippen LogP contribution in [0.3, 0.4) is 0 Å². The fraction of sp³-hybridized carbons (Fsp3) is 0.200. The maximum Gasteiger partial charge on any atom is 0.404 e. The first-order chi connectivity index (χ1) is 17.4. The van der Waals surface area contributed by atoms with Crippen LogP contribution in [0.15, 0.2) is 59.6 Å². The molecule has 1 N–H and O–H groups in total. The molecule has 192 valence electrons. The highest BCUT2D eigenvalue weighted by Crippen LogP contribution is 2.37. The summed E-state index contributed by atoms with van der Waals surface area (Å²) in [6.45, 7) is 2.48. The van der Waals surface area contributed by atoms with Gasteiger partial charge >= 0.3 is 6.18 Å². The largest absolute Gasteiger partial charge is 0.404 e. The molecule has 0 bridgehead atoms. The average Bonchev–Trinajstić information content (AvgIpc) is 3.15. The fourth-order valence-electron chi connectivity index (χ4n) is 3.91. The Hall–Kier alpha value is -3.46. The molecule has 0 saturated carbocycles. The summed E-state index contributed by atoms with van der Waals surface area (Å²) in [5.74, 6) is -0.486. The highest BCUT2D eigenvalue weighted by Gasteiger charge is 2.39. The topological polar surface area (TPSA) is 87.8 Å². The summed E-state index contributed by atoms with van der Waals surface area (Å²) in [5, 5.41) is 10.7. The zero-order valence-electron chi connectivity index (χ0n) is 19.4. The van der Waals surface area contributed by atoms with Gasteiger partial charge in [0.05, 0.1) is 22.5 Å². The Morgan fingerprint density at radius 3 is 2.49 bits per heavy atom. The van der Waals surface area contributed by atoms with Gasteiger partial charge in [0.25, 0.3) is 0 Å². The molecule has 0 spiro atoms. The highest BCUT2D eigenvalue weighted by atomic mass is 35.5. The van der Waals surface area contributed by atoms with E-state index in [1.165, 1.54) is 12.1 Å². The van der Waals surface area contributed by atoms with E-state index in [-0.39, 0.29) is 17.0 Å². The van der Waals surface area contributed by atoms with Crippen molar-refractivity contribution in [1.82, 2.24) is 14.3 Å².